The number of anilines is 1. The summed E-state index contributed by atoms with van der Waals surface area (Å²) in [6.07, 6.45) is 1.51. The first-order valence-electron chi connectivity index (χ1n) is 9.95. The van der Waals surface area contributed by atoms with Gasteiger partial charge in [0.15, 0.2) is 11.5 Å². The maximum Gasteiger partial charge on any atom is 0.271 e. The number of hydrazone groups is 1. The Morgan fingerprint density at radius 1 is 1.13 bits per heavy atom. The second-order valence-corrected chi connectivity index (χ2v) is 7.61. The van der Waals surface area contributed by atoms with Crippen molar-refractivity contribution in [2.24, 2.45) is 5.10 Å². The number of nitrogens with one attached hydrogen (secondary N) is 1. The largest absolute Gasteiger partial charge is 0.504 e. The molecule has 0 bridgehead atoms. The van der Waals surface area contributed by atoms with Crippen molar-refractivity contribution in [3.05, 3.63) is 87.9 Å². The van der Waals surface area contributed by atoms with E-state index < -0.39 is 0 Å². The van der Waals surface area contributed by atoms with Crippen LogP contribution in [0, 0.1) is 0 Å². The third-order valence-electron chi connectivity index (χ3n) is 5.05. The average molecular weight is 436 g/mol. The van der Waals surface area contributed by atoms with Crippen LogP contribution in [0.3, 0.4) is 0 Å². The molecule has 1 aliphatic rings. The highest BCUT2D eigenvalue weighted by molar-refractivity contribution is 6.30. The minimum atomic E-state index is -0.284. The lowest BCUT2D eigenvalue weighted by Crippen LogP contribution is -2.18. The molecule has 0 unspecified atom stereocenters. The third kappa shape index (κ3) is 4.81. The topological polar surface area (TPSA) is 74.2 Å². The van der Waals surface area contributed by atoms with Crippen LogP contribution in [0.2, 0.25) is 5.02 Å². The number of phenols is 1. The van der Waals surface area contributed by atoms with Crippen LogP contribution < -0.4 is 15.1 Å². The van der Waals surface area contributed by atoms with Crippen LogP contribution >= 0.6 is 11.6 Å². The van der Waals surface area contributed by atoms with Crippen molar-refractivity contribution in [3.8, 4) is 11.5 Å². The van der Waals surface area contributed by atoms with E-state index in [0.717, 1.165) is 24.3 Å². The van der Waals surface area contributed by atoms with Crippen LogP contribution in [0.15, 0.2) is 65.8 Å². The number of halogens is 1. The van der Waals surface area contributed by atoms with Crippen molar-refractivity contribution in [2.45, 2.75) is 20.0 Å². The summed E-state index contributed by atoms with van der Waals surface area (Å²) in [4.78, 5) is 14.8. The second-order valence-electron chi connectivity index (χ2n) is 7.18. The summed E-state index contributed by atoms with van der Waals surface area (Å²) in [5.41, 5.74) is 7.21. The maximum atomic E-state index is 12.5. The first-order valence-corrected chi connectivity index (χ1v) is 10.3. The molecule has 2 N–H and O–H groups in total. The fourth-order valence-corrected chi connectivity index (χ4v) is 3.61. The molecule has 0 saturated heterocycles. The number of ether oxygens (including phenoxy) is 1. The van der Waals surface area contributed by atoms with E-state index in [9.17, 15) is 9.90 Å². The molecule has 6 nitrogen and oxygen atoms in total. The van der Waals surface area contributed by atoms with Gasteiger partial charge >= 0.3 is 0 Å². The van der Waals surface area contributed by atoms with Crippen molar-refractivity contribution in [3.63, 3.8) is 0 Å². The number of hydrogen-bond acceptors (Lipinski definition) is 5. The SMILES string of the molecule is CCOc1cc(C=NNC(=O)c2ccc3c(c2)CN(c2ccc(Cl)cc2)C3)ccc1O. The molecule has 7 heteroatoms. The quantitative estimate of drug-likeness (QED) is 0.433. The lowest BCUT2D eigenvalue weighted by molar-refractivity contribution is 0.0955. The molecular weight excluding hydrogens is 414 g/mol. The zero-order chi connectivity index (χ0) is 21.8. The van der Waals surface area contributed by atoms with Crippen molar-refractivity contribution >= 4 is 29.4 Å². The highest BCUT2D eigenvalue weighted by Gasteiger charge is 2.20. The summed E-state index contributed by atoms with van der Waals surface area (Å²) in [5, 5.41) is 14.5. The molecule has 3 aromatic rings. The van der Waals surface area contributed by atoms with E-state index >= 15 is 0 Å². The van der Waals surface area contributed by atoms with Crippen LogP contribution in [0.4, 0.5) is 5.69 Å². The van der Waals surface area contributed by atoms with Gasteiger partial charge in [0.1, 0.15) is 0 Å². The molecule has 0 spiro atoms. The van der Waals surface area contributed by atoms with Crippen molar-refractivity contribution in [2.75, 3.05) is 11.5 Å². The number of carbonyl (C=O) groups excluding carboxylic acids is 1. The van der Waals surface area contributed by atoms with E-state index in [0.29, 0.717) is 28.5 Å². The Bertz CT molecular complexity index is 1130. The minimum Gasteiger partial charge on any atom is -0.504 e. The summed E-state index contributed by atoms with van der Waals surface area (Å²) < 4.78 is 5.35. The molecule has 3 aromatic carbocycles. The number of hydrogen-bond donors (Lipinski definition) is 2. The van der Waals surface area contributed by atoms with Gasteiger partial charge in [-0.2, -0.15) is 5.10 Å². The highest BCUT2D eigenvalue weighted by Crippen LogP contribution is 2.30. The normalized spacial score (nSPS) is 12.8. The van der Waals surface area contributed by atoms with Gasteiger partial charge in [-0.25, -0.2) is 5.43 Å². The van der Waals surface area contributed by atoms with Gasteiger partial charge in [-0.05, 0) is 78.2 Å². The van der Waals surface area contributed by atoms with E-state index in [4.69, 9.17) is 16.3 Å². The zero-order valence-electron chi connectivity index (χ0n) is 17.0. The Hall–Kier alpha value is -3.51. The summed E-state index contributed by atoms with van der Waals surface area (Å²) in [6.45, 7) is 3.81. The average Bonchev–Trinajstić information content (AvgIpc) is 3.20. The first kappa shape index (κ1) is 20.8. The Morgan fingerprint density at radius 3 is 2.68 bits per heavy atom. The summed E-state index contributed by atoms with van der Waals surface area (Å²) in [7, 11) is 0. The molecule has 1 aliphatic heterocycles. The molecule has 31 heavy (non-hydrogen) atoms. The lowest BCUT2D eigenvalue weighted by Gasteiger charge is -2.17. The minimum absolute atomic E-state index is 0.0637. The standard InChI is InChI=1S/C24H22ClN3O3/c1-2-31-23-11-16(3-10-22(23)29)13-26-27-24(30)17-4-5-18-14-28(15-19(18)12-17)21-8-6-20(25)7-9-21/h3-13,29H,2,14-15H2,1H3,(H,27,30). The molecule has 0 saturated carbocycles. The van der Waals surface area contributed by atoms with Gasteiger partial charge in [0, 0.05) is 29.4 Å². The molecule has 0 aliphatic carbocycles. The van der Waals surface area contributed by atoms with Crippen molar-refractivity contribution in [1.29, 1.82) is 0 Å². The number of nitrogens with zero attached hydrogens (tertiary/aromatic N) is 2. The Morgan fingerprint density at radius 2 is 1.90 bits per heavy atom. The van der Waals surface area contributed by atoms with E-state index in [2.05, 4.69) is 15.4 Å². The predicted molar refractivity (Wildman–Crippen MR) is 122 cm³/mol. The number of amides is 1. The smallest absolute Gasteiger partial charge is 0.271 e. The molecule has 1 heterocycles. The van der Waals surface area contributed by atoms with E-state index in [1.54, 1.807) is 12.1 Å². The zero-order valence-corrected chi connectivity index (χ0v) is 17.8. The molecule has 1 amide bonds. The van der Waals surface area contributed by atoms with E-state index in [1.165, 1.54) is 17.8 Å². The number of aromatic hydroxyl groups is 1. The monoisotopic (exact) mass is 435 g/mol. The molecule has 0 fully saturated rings. The molecular formula is C24H22ClN3O3. The fourth-order valence-electron chi connectivity index (χ4n) is 3.48. The van der Waals surface area contributed by atoms with Gasteiger partial charge in [-0.1, -0.05) is 17.7 Å². The van der Waals surface area contributed by atoms with Gasteiger partial charge in [0.05, 0.1) is 12.8 Å². The van der Waals surface area contributed by atoms with Gasteiger partial charge < -0.3 is 14.7 Å². The number of benzene rings is 3. The molecule has 0 atom stereocenters. The Kier molecular flexibility index (Phi) is 6.09. The molecule has 4 rings (SSSR count). The van der Waals surface area contributed by atoms with Gasteiger partial charge in [0.2, 0.25) is 0 Å². The van der Waals surface area contributed by atoms with Crippen molar-refractivity contribution < 1.29 is 14.6 Å². The number of carbonyl (C=O) groups is 1. The lowest BCUT2D eigenvalue weighted by atomic mass is 10.1. The van der Waals surface area contributed by atoms with Crippen LogP contribution in [-0.4, -0.2) is 23.8 Å². The van der Waals surface area contributed by atoms with Crippen LogP contribution in [0.1, 0.15) is 34.0 Å². The first-order chi connectivity index (χ1) is 15.0. The van der Waals surface area contributed by atoms with E-state index in [1.807, 2.05) is 49.4 Å². The highest BCUT2D eigenvalue weighted by atomic mass is 35.5. The summed E-state index contributed by atoms with van der Waals surface area (Å²) in [5.74, 6) is 0.156. The van der Waals surface area contributed by atoms with Gasteiger partial charge in [-0.3, -0.25) is 4.79 Å². The molecule has 158 valence electrons. The number of phenolic OH excluding ortho intramolecular Hbond substituents is 1. The van der Waals surface area contributed by atoms with E-state index in [-0.39, 0.29) is 11.7 Å². The van der Waals surface area contributed by atoms with Gasteiger partial charge in [-0.15, -0.1) is 0 Å². The Labute approximate surface area is 185 Å². The summed E-state index contributed by atoms with van der Waals surface area (Å²) >= 11 is 5.98. The van der Waals surface area contributed by atoms with Crippen LogP contribution in [-0.2, 0) is 13.1 Å². The number of fused-ring (bicyclic) bond motifs is 1. The Balaban J connectivity index is 1.41. The summed E-state index contributed by atoms with van der Waals surface area (Å²) in [6, 6.07) is 18.3. The van der Waals surface area contributed by atoms with Gasteiger partial charge in [0.25, 0.3) is 5.91 Å². The third-order valence-corrected chi connectivity index (χ3v) is 5.30. The maximum absolute atomic E-state index is 12.5. The fraction of sp³-hybridized carbons (Fsp3) is 0.167. The number of rotatable bonds is 6. The second kappa shape index (κ2) is 9.10. The molecule has 0 radical (unpaired) electrons. The molecule has 0 aromatic heterocycles. The van der Waals surface area contributed by atoms with Crippen LogP contribution in [0.5, 0.6) is 11.5 Å². The predicted octanol–water partition coefficient (Wildman–Crippen LogP) is 4.73. The van der Waals surface area contributed by atoms with Crippen molar-refractivity contribution in [1.82, 2.24) is 5.43 Å². The van der Waals surface area contributed by atoms with Crippen LogP contribution in [0.25, 0.3) is 0 Å².